The molecule has 0 unspecified atom stereocenters. The van der Waals surface area contributed by atoms with Crippen LogP contribution in [0.15, 0.2) is 0 Å². The Hall–Kier alpha value is 0. The van der Waals surface area contributed by atoms with Gasteiger partial charge in [-0.2, -0.15) is 0 Å². The molecule has 0 aromatic carbocycles. The molecule has 0 heteroatoms. The van der Waals surface area contributed by atoms with E-state index >= 15 is 0 Å². The molecule has 0 fully saturated rings. The van der Waals surface area contributed by atoms with Crippen molar-refractivity contribution in [2.24, 2.45) is 0 Å². The summed E-state index contributed by atoms with van der Waals surface area (Å²) in [5, 5.41) is 0. The third-order valence-corrected chi connectivity index (χ3v) is 5.83. The summed E-state index contributed by atoms with van der Waals surface area (Å²) in [6.45, 7) is 18.0. The van der Waals surface area contributed by atoms with Crippen LogP contribution in [0.4, 0.5) is 0 Å². The molecule has 0 atom stereocenters. The zero-order valence-corrected chi connectivity index (χ0v) is 25.0. The Kier molecular flexibility index (Phi) is 59.4. The summed E-state index contributed by atoms with van der Waals surface area (Å²) in [6.07, 6.45) is 34.0. The van der Waals surface area contributed by atoms with Crippen molar-refractivity contribution in [1.82, 2.24) is 0 Å². The molecule has 0 aliphatic carbocycles. The van der Waals surface area contributed by atoms with Gasteiger partial charge in [0, 0.05) is 0 Å². The molecule has 0 saturated heterocycles. The van der Waals surface area contributed by atoms with Gasteiger partial charge in [0.1, 0.15) is 0 Å². The molecule has 0 heterocycles. The van der Waals surface area contributed by atoms with Crippen molar-refractivity contribution in [3.63, 3.8) is 0 Å². The maximum absolute atomic E-state index is 2.26. The molecule has 0 aliphatic rings. The molecule has 0 aromatic heterocycles. The van der Waals surface area contributed by atoms with Gasteiger partial charge >= 0.3 is 0 Å². The van der Waals surface area contributed by atoms with E-state index in [2.05, 4.69) is 55.4 Å². The largest absolute Gasteiger partial charge is 0.0654 e. The molecular formula is C32H72. The van der Waals surface area contributed by atoms with Crippen LogP contribution in [0.2, 0.25) is 0 Å². The molecule has 0 amide bonds. The van der Waals surface area contributed by atoms with Crippen molar-refractivity contribution in [1.29, 1.82) is 0 Å². The van der Waals surface area contributed by atoms with Crippen LogP contribution in [0.25, 0.3) is 0 Å². The maximum atomic E-state index is 2.26. The fourth-order valence-corrected chi connectivity index (χ4v) is 3.41. The lowest BCUT2D eigenvalue weighted by Gasteiger charge is -1.93. The molecule has 200 valence electrons. The lowest BCUT2D eigenvalue weighted by Crippen LogP contribution is -1.73. The van der Waals surface area contributed by atoms with Gasteiger partial charge in [0.25, 0.3) is 0 Å². The molecule has 0 nitrogen and oxygen atoms in total. The highest BCUT2D eigenvalue weighted by Crippen LogP contribution is 2.05. The number of hydrogen-bond acceptors (Lipinski definition) is 0. The number of unbranched alkanes of at least 4 members (excludes halogenated alkanes) is 20. The second-order valence-electron chi connectivity index (χ2n) is 9.66. The normalized spacial score (nSPS) is 9.75. The molecule has 0 bridgehead atoms. The van der Waals surface area contributed by atoms with Crippen LogP contribution < -0.4 is 0 Å². The van der Waals surface area contributed by atoms with Crippen molar-refractivity contribution < 1.29 is 0 Å². The minimum atomic E-state index is 1.36. The first-order valence-electron chi connectivity index (χ1n) is 15.7. The van der Waals surface area contributed by atoms with Gasteiger partial charge in [-0.3, -0.25) is 0 Å². The lowest BCUT2D eigenvalue weighted by molar-refractivity contribution is 0.624. The summed E-state index contributed by atoms with van der Waals surface area (Å²) >= 11 is 0. The van der Waals surface area contributed by atoms with Crippen molar-refractivity contribution in [2.75, 3.05) is 0 Å². The van der Waals surface area contributed by atoms with Crippen molar-refractivity contribution in [3.05, 3.63) is 0 Å². The Bertz CT molecular complexity index is 148. The average molecular weight is 457 g/mol. The summed E-state index contributed by atoms with van der Waals surface area (Å²) in [4.78, 5) is 0. The van der Waals surface area contributed by atoms with E-state index in [1.165, 1.54) is 154 Å². The predicted molar refractivity (Wildman–Crippen MR) is 156 cm³/mol. The maximum Gasteiger partial charge on any atom is -0.0533 e. The van der Waals surface area contributed by atoms with Crippen LogP contribution >= 0.6 is 0 Å². The van der Waals surface area contributed by atoms with Gasteiger partial charge in [-0.25, -0.2) is 0 Å². The van der Waals surface area contributed by atoms with Crippen LogP contribution in [-0.4, -0.2) is 0 Å². The van der Waals surface area contributed by atoms with Crippen LogP contribution in [0, 0.1) is 0 Å². The quantitative estimate of drug-likeness (QED) is 0.160. The summed E-state index contributed by atoms with van der Waals surface area (Å²) in [6, 6.07) is 0. The van der Waals surface area contributed by atoms with Gasteiger partial charge in [-0.1, -0.05) is 209 Å². The van der Waals surface area contributed by atoms with Gasteiger partial charge in [0.05, 0.1) is 0 Å². The predicted octanol–water partition coefficient (Wildman–Crippen LogP) is 13.5. The Morgan fingerprint density at radius 3 is 0.312 bits per heavy atom. The van der Waals surface area contributed by atoms with Crippen LogP contribution in [-0.2, 0) is 0 Å². The van der Waals surface area contributed by atoms with Gasteiger partial charge in [0.2, 0.25) is 0 Å². The standard InChI is InChI=1S/4C8H18/c4*1-3-5-7-8-6-4-2/h4*3-8H2,1-2H3. The summed E-state index contributed by atoms with van der Waals surface area (Å²) in [5.41, 5.74) is 0. The Balaban J connectivity index is -0.000000163. The minimum absolute atomic E-state index is 1.36. The molecule has 0 aromatic rings. The SMILES string of the molecule is CCCCCCCC.CCCCCCCC.CCCCCCCC.CCCCCCCC. The molecule has 0 saturated carbocycles. The summed E-state index contributed by atoms with van der Waals surface area (Å²) in [5.74, 6) is 0. The number of hydrogen-bond donors (Lipinski definition) is 0. The van der Waals surface area contributed by atoms with Gasteiger partial charge < -0.3 is 0 Å². The highest BCUT2D eigenvalue weighted by Gasteiger charge is 1.85. The second-order valence-corrected chi connectivity index (χ2v) is 9.66. The first-order valence-corrected chi connectivity index (χ1v) is 15.7. The smallest absolute Gasteiger partial charge is 0.0533 e. The fraction of sp³-hybridized carbons (Fsp3) is 1.00. The monoisotopic (exact) mass is 457 g/mol. The molecule has 0 spiro atoms. The Labute approximate surface area is 209 Å². The molecule has 0 aliphatic heterocycles. The van der Waals surface area contributed by atoms with Crippen molar-refractivity contribution >= 4 is 0 Å². The van der Waals surface area contributed by atoms with Gasteiger partial charge in [0.15, 0.2) is 0 Å². The minimum Gasteiger partial charge on any atom is -0.0654 e. The zero-order valence-electron chi connectivity index (χ0n) is 25.0. The van der Waals surface area contributed by atoms with Crippen molar-refractivity contribution in [3.8, 4) is 0 Å². The molecule has 0 rings (SSSR count). The van der Waals surface area contributed by atoms with E-state index in [0.29, 0.717) is 0 Å². The molecule has 32 heavy (non-hydrogen) atoms. The third-order valence-electron chi connectivity index (χ3n) is 5.83. The first kappa shape index (κ1) is 39.2. The topological polar surface area (TPSA) is 0 Å². The van der Waals surface area contributed by atoms with E-state index in [0.717, 1.165) is 0 Å². The Morgan fingerprint density at radius 2 is 0.250 bits per heavy atom. The second kappa shape index (κ2) is 48.4. The van der Waals surface area contributed by atoms with E-state index in [1.54, 1.807) is 0 Å². The third kappa shape index (κ3) is 63.1. The average Bonchev–Trinajstić information content (AvgIpc) is 2.82. The van der Waals surface area contributed by atoms with E-state index < -0.39 is 0 Å². The van der Waals surface area contributed by atoms with E-state index in [1.807, 2.05) is 0 Å². The number of rotatable bonds is 20. The highest BCUT2D eigenvalue weighted by molar-refractivity contribution is 4.41. The first-order chi connectivity index (χ1) is 15.7. The molecule has 0 N–H and O–H groups in total. The zero-order chi connectivity index (χ0) is 25.0. The lowest BCUT2D eigenvalue weighted by atomic mass is 10.1. The summed E-state index contributed by atoms with van der Waals surface area (Å²) in [7, 11) is 0. The van der Waals surface area contributed by atoms with Gasteiger partial charge in [-0.15, -0.1) is 0 Å². The molecular weight excluding hydrogens is 384 g/mol. The van der Waals surface area contributed by atoms with E-state index in [-0.39, 0.29) is 0 Å². The fourth-order valence-electron chi connectivity index (χ4n) is 3.41. The van der Waals surface area contributed by atoms with Crippen LogP contribution in [0.3, 0.4) is 0 Å². The van der Waals surface area contributed by atoms with Crippen LogP contribution in [0.1, 0.15) is 209 Å². The highest BCUT2D eigenvalue weighted by atomic mass is 13.9. The van der Waals surface area contributed by atoms with Crippen LogP contribution in [0.5, 0.6) is 0 Å². The Morgan fingerprint density at radius 1 is 0.156 bits per heavy atom. The van der Waals surface area contributed by atoms with Crippen molar-refractivity contribution in [2.45, 2.75) is 209 Å². The molecule has 0 radical (unpaired) electrons. The van der Waals surface area contributed by atoms with E-state index in [4.69, 9.17) is 0 Å². The van der Waals surface area contributed by atoms with Gasteiger partial charge in [-0.05, 0) is 0 Å². The van der Waals surface area contributed by atoms with E-state index in [9.17, 15) is 0 Å². The summed E-state index contributed by atoms with van der Waals surface area (Å²) < 4.78 is 0.